The van der Waals surface area contributed by atoms with E-state index in [1.165, 1.54) is 11.3 Å². The number of carbonyl (C=O) groups excluding carboxylic acids is 1. The van der Waals surface area contributed by atoms with Gasteiger partial charge in [-0.3, -0.25) is 15.1 Å². The van der Waals surface area contributed by atoms with E-state index in [1.807, 2.05) is 50.2 Å². The van der Waals surface area contributed by atoms with Crippen molar-refractivity contribution in [3.05, 3.63) is 76.5 Å². The lowest BCUT2D eigenvalue weighted by Crippen LogP contribution is -2.28. The summed E-state index contributed by atoms with van der Waals surface area (Å²) in [5, 5.41) is 5.96. The SMILES string of the molecule is CCNC(=O)Nc1nc2cc(-c3cc(C)n(Cc4cccnc4)c(=O)c3)ccc2s1. The Morgan fingerprint density at radius 3 is 2.77 bits per heavy atom. The number of amides is 2. The fourth-order valence-corrected chi connectivity index (χ4v) is 4.08. The number of carbonyl (C=O) groups is 1. The number of anilines is 1. The lowest BCUT2D eigenvalue weighted by molar-refractivity contribution is 0.252. The number of aromatic nitrogens is 3. The molecule has 4 rings (SSSR count). The van der Waals surface area contributed by atoms with Crippen LogP contribution in [0.15, 0.2) is 59.7 Å². The molecule has 4 aromatic rings. The van der Waals surface area contributed by atoms with Gasteiger partial charge in [0.05, 0.1) is 16.8 Å². The average molecular weight is 420 g/mol. The van der Waals surface area contributed by atoms with Crippen molar-refractivity contribution in [3.8, 4) is 11.1 Å². The summed E-state index contributed by atoms with van der Waals surface area (Å²) in [6, 6.07) is 13.1. The second kappa shape index (κ2) is 8.46. The summed E-state index contributed by atoms with van der Waals surface area (Å²) in [6.45, 7) is 4.82. The van der Waals surface area contributed by atoms with Crippen LogP contribution >= 0.6 is 11.3 Å². The van der Waals surface area contributed by atoms with Crippen LogP contribution in [-0.4, -0.2) is 27.1 Å². The van der Waals surface area contributed by atoms with Gasteiger partial charge >= 0.3 is 6.03 Å². The molecule has 0 saturated carbocycles. The molecule has 0 unspecified atom stereocenters. The van der Waals surface area contributed by atoms with Gasteiger partial charge in [0.1, 0.15) is 0 Å². The summed E-state index contributed by atoms with van der Waals surface area (Å²) in [6.07, 6.45) is 3.48. The molecule has 7 nitrogen and oxygen atoms in total. The van der Waals surface area contributed by atoms with Gasteiger partial charge < -0.3 is 9.88 Å². The molecular weight excluding hydrogens is 398 g/mol. The maximum atomic E-state index is 12.8. The molecule has 0 spiro atoms. The van der Waals surface area contributed by atoms with Crippen LogP contribution < -0.4 is 16.2 Å². The second-order valence-electron chi connectivity index (χ2n) is 6.86. The van der Waals surface area contributed by atoms with Crippen molar-refractivity contribution >= 4 is 32.7 Å². The van der Waals surface area contributed by atoms with Crippen LogP contribution in [0.1, 0.15) is 18.2 Å². The van der Waals surface area contributed by atoms with Gasteiger partial charge in [-0.2, -0.15) is 0 Å². The lowest BCUT2D eigenvalue weighted by Gasteiger charge is -2.12. The zero-order chi connectivity index (χ0) is 21.1. The van der Waals surface area contributed by atoms with Crippen molar-refractivity contribution in [1.29, 1.82) is 0 Å². The van der Waals surface area contributed by atoms with Crippen LogP contribution in [0.5, 0.6) is 0 Å². The first-order chi connectivity index (χ1) is 14.5. The summed E-state index contributed by atoms with van der Waals surface area (Å²) < 4.78 is 2.70. The van der Waals surface area contributed by atoms with E-state index >= 15 is 0 Å². The number of hydrogen-bond acceptors (Lipinski definition) is 5. The standard InChI is InChI=1S/C22H21N5O2S/c1-3-24-21(29)26-22-25-18-10-16(6-7-19(18)30-22)17-9-14(2)27(20(28)11-17)13-15-5-4-8-23-12-15/h4-12H,3,13H2,1-2H3,(H2,24,25,26,29). The van der Waals surface area contributed by atoms with E-state index in [0.29, 0.717) is 18.2 Å². The minimum absolute atomic E-state index is 0.0641. The molecule has 1 aromatic carbocycles. The molecular formula is C22H21N5O2S. The van der Waals surface area contributed by atoms with Gasteiger partial charge in [-0.05, 0) is 54.8 Å². The van der Waals surface area contributed by atoms with Crippen LogP contribution in [-0.2, 0) is 6.54 Å². The van der Waals surface area contributed by atoms with Crippen molar-refractivity contribution in [2.45, 2.75) is 20.4 Å². The summed E-state index contributed by atoms with van der Waals surface area (Å²) >= 11 is 1.41. The van der Waals surface area contributed by atoms with E-state index in [1.54, 1.807) is 23.0 Å². The number of thiazole rings is 1. The molecule has 0 fully saturated rings. The molecule has 152 valence electrons. The summed E-state index contributed by atoms with van der Waals surface area (Å²) in [5.41, 5.74) is 4.32. The van der Waals surface area contributed by atoms with E-state index in [9.17, 15) is 9.59 Å². The van der Waals surface area contributed by atoms with E-state index in [4.69, 9.17) is 0 Å². The van der Waals surface area contributed by atoms with Gasteiger partial charge in [0, 0.05) is 30.7 Å². The molecule has 0 aliphatic heterocycles. The maximum Gasteiger partial charge on any atom is 0.321 e. The molecule has 30 heavy (non-hydrogen) atoms. The van der Waals surface area contributed by atoms with Gasteiger partial charge in [-0.15, -0.1) is 0 Å². The van der Waals surface area contributed by atoms with Crippen LogP contribution in [0.2, 0.25) is 0 Å². The topological polar surface area (TPSA) is 88.9 Å². The molecule has 3 aromatic heterocycles. The predicted molar refractivity (Wildman–Crippen MR) is 120 cm³/mol. The highest BCUT2D eigenvalue weighted by molar-refractivity contribution is 7.22. The third kappa shape index (κ3) is 4.23. The highest BCUT2D eigenvalue weighted by atomic mass is 32.1. The van der Waals surface area contributed by atoms with E-state index < -0.39 is 0 Å². The van der Waals surface area contributed by atoms with Crippen molar-refractivity contribution in [2.75, 3.05) is 11.9 Å². The molecule has 0 aliphatic rings. The van der Waals surface area contributed by atoms with Gasteiger partial charge in [0.2, 0.25) is 0 Å². The van der Waals surface area contributed by atoms with Gasteiger partial charge in [0.15, 0.2) is 5.13 Å². The van der Waals surface area contributed by atoms with Crippen LogP contribution in [0.4, 0.5) is 9.93 Å². The Hall–Kier alpha value is -3.52. The van der Waals surface area contributed by atoms with Crippen molar-refractivity contribution in [1.82, 2.24) is 19.9 Å². The number of rotatable bonds is 5. The van der Waals surface area contributed by atoms with Crippen LogP contribution in [0.3, 0.4) is 0 Å². The summed E-state index contributed by atoms with van der Waals surface area (Å²) in [7, 11) is 0. The third-order valence-corrected chi connectivity index (χ3v) is 5.63. The van der Waals surface area contributed by atoms with Gasteiger partial charge in [-0.25, -0.2) is 9.78 Å². The number of nitrogens with zero attached hydrogens (tertiary/aromatic N) is 3. The summed E-state index contributed by atoms with van der Waals surface area (Å²) in [5.74, 6) is 0. The highest BCUT2D eigenvalue weighted by Crippen LogP contribution is 2.30. The number of hydrogen-bond donors (Lipinski definition) is 2. The Balaban J connectivity index is 1.63. The Bertz CT molecular complexity index is 1260. The number of pyridine rings is 2. The summed E-state index contributed by atoms with van der Waals surface area (Å²) in [4.78, 5) is 33.1. The molecule has 0 saturated heterocycles. The lowest BCUT2D eigenvalue weighted by atomic mass is 10.1. The minimum atomic E-state index is -0.273. The molecule has 0 aliphatic carbocycles. The Morgan fingerprint density at radius 1 is 1.17 bits per heavy atom. The number of aryl methyl sites for hydroxylation is 1. The zero-order valence-electron chi connectivity index (χ0n) is 16.7. The third-order valence-electron chi connectivity index (χ3n) is 4.68. The molecule has 0 bridgehead atoms. The average Bonchev–Trinajstić information content (AvgIpc) is 3.12. The number of benzene rings is 1. The number of urea groups is 1. The number of nitrogens with one attached hydrogen (secondary N) is 2. The largest absolute Gasteiger partial charge is 0.338 e. The van der Waals surface area contributed by atoms with Crippen LogP contribution in [0, 0.1) is 6.92 Å². The maximum absolute atomic E-state index is 12.8. The van der Waals surface area contributed by atoms with Crippen LogP contribution in [0.25, 0.3) is 21.3 Å². The second-order valence-corrected chi connectivity index (χ2v) is 7.89. The van der Waals surface area contributed by atoms with Crippen molar-refractivity contribution in [3.63, 3.8) is 0 Å². The van der Waals surface area contributed by atoms with E-state index in [-0.39, 0.29) is 11.6 Å². The fraction of sp³-hybridized carbons (Fsp3) is 0.182. The monoisotopic (exact) mass is 419 g/mol. The highest BCUT2D eigenvalue weighted by Gasteiger charge is 2.10. The Kier molecular flexibility index (Phi) is 5.58. The smallest absolute Gasteiger partial charge is 0.321 e. The molecule has 0 radical (unpaired) electrons. The number of fused-ring (bicyclic) bond motifs is 1. The molecule has 0 atom stereocenters. The predicted octanol–water partition coefficient (Wildman–Crippen LogP) is 4.02. The van der Waals surface area contributed by atoms with Gasteiger partial charge in [-0.1, -0.05) is 23.5 Å². The normalized spacial score (nSPS) is 10.9. The minimum Gasteiger partial charge on any atom is -0.338 e. The molecule has 3 heterocycles. The van der Waals surface area contributed by atoms with Gasteiger partial charge in [0.25, 0.3) is 5.56 Å². The van der Waals surface area contributed by atoms with E-state index in [0.717, 1.165) is 32.6 Å². The fourth-order valence-electron chi connectivity index (χ4n) is 3.24. The quantitative estimate of drug-likeness (QED) is 0.511. The zero-order valence-corrected chi connectivity index (χ0v) is 17.5. The first kappa shape index (κ1) is 19.8. The first-order valence-electron chi connectivity index (χ1n) is 9.59. The van der Waals surface area contributed by atoms with Crippen molar-refractivity contribution < 1.29 is 4.79 Å². The Labute approximate surface area is 177 Å². The molecule has 2 amide bonds. The molecule has 8 heteroatoms. The molecule has 2 N–H and O–H groups in total. The Morgan fingerprint density at radius 2 is 2.03 bits per heavy atom. The first-order valence-corrected chi connectivity index (χ1v) is 10.4. The van der Waals surface area contributed by atoms with Crippen molar-refractivity contribution in [2.24, 2.45) is 0 Å². The van der Waals surface area contributed by atoms with E-state index in [2.05, 4.69) is 20.6 Å².